The molecule has 1 unspecified atom stereocenters. The first kappa shape index (κ1) is 16.8. The molecule has 9 heteroatoms. The highest BCUT2D eigenvalue weighted by atomic mass is 19.4. The number of nitrogens with two attached hydrogens (primary N) is 1. The molecule has 0 saturated carbocycles. The maximum absolute atomic E-state index is 12.5. The SMILES string of the molecule is CN(C)c1ccccc1C(Cc1noc(C(F)(F)F)n1)C(N)=O. The van der Waals surface area contributed by atoms with E-state index >= 15 is 0 Å². The lowest BCUT2D eigenvalue weighted by Crippen LogP contribution is -2.25. The van der Waals surface area contributed by atoms with Gasteiger partial charge in [0.15, 0.2) is 5.82 Å². The van der Waals surface area contributed by atoms with E-state index in [0.717, 1.165) is 5.69 Å². The first-order chi connectivity index (χ1) is 10.7. The van der Waals surface area contributed by atoms with E-state index in [1.54, 1.807) is 43.3 Å². The van der Waals surface area contributed by atoms with E-state index in [1.165, 1.54) is 0 Å². The maximum atomic E-state index is 12.5. The molecule has 2 N–H and O–H groups in total. The number of hydrogen-bond donors (Lipinski definition) is 1. The Bertz CT molecular complexity index is 697. The molecular formula is C14H15F3N4O2. The number of anilines is 1. The van der Waals surface area contributed by atoms with Gasteiger partial charge in [-0.05, 0) is 11.6 Å². The molecule has 0 aliphatic rings. The van der Waals surface area contributed by atoms with Crippen LogP contribution in [0.2, 0.25) is 0 Å². The van der Waals surface area contributed by atoms with Gasteiger partial charge in [0.25, 0.3) is 0 Å². The lowest BCUT2D eigenvalue weighted by atomic mass is 9.93. The second kappa shape index (κ2) is 6.27. The second-order valence-corrected chi connectivity index (χ2v) is 5.13. The number of rotatable bonds is 5. The molecule has 0 aliphatic carbocycles. The predicted octanol–water partition coefficient (Wildman–Crippen LogP) is 1.97. The van der Waals surface area contributed by atoms with Crippen LogP contribution in [-0.2, 0) is 17.4 Å². The predicted molar refractivity (Wildman–Crippen MR) is 75.7 cm³/mol. The molecule has 0 bridgehead atoms. The Labute approximate surface area is 130 Å². The maximum Gasteiger partial charge on any atom is 0.471 e. The van der Waals surface area contributed by atoms with Gasteiger partial charge in [-0.3, -0.25) is 4.79 Å². The average Bonchev–Trinajstić information content (AvgIpc) is 2.93. The van der Waals surface area contributed by atoms with Crippen LogP contribution in [0.5, 0.6) is 0 Å². The van der Waals surface area contributed by atoms with Crippen molar-refractivity contribution in [2.45, 2.75) is 18.5 Å². The summed E-state index contributed by atoms with van der Waals surface area (Å²) in [5.41, 5.74) is 6.73. The third-order valence-corrected chi connectivity index (χ3v) is 3.23. The van der Waals surface area contributed by atoms with Crippen molar-refractivity contribution in [2.24, 2.45) is 5.73 Å². The molecular weight excluding hydrogens is 313 g/mol. The van der Waals surface area contributed by atoms with E-state index < -0.39 is 23.9 Å². The number of primary amides is 1. The van der Waals surface area contributed by atoms with Gasteiger partial charge in [0.2, 0.25) is 5.91 Å². The van der Waals surface area contributed by atoms with Crippen LogP contribution in [0.25, 0.3) is 0 Å². The summed E-state index contributed by atoms with van der Waals surface area (Å²) in [7, 11) is 3.57. The van der Waals surface area contributed by atoms with Crippen molar-refractivity contribution in [1.82, 2.24) is 10.1 Å². The third-order valence-electron chi connectivity index (χ3n) is 3.23. The van der Waals surface area contributed by atoms with Crippen LogP contribution in [0.1, 0.15) is 23.2 Å². The molecule has 1 amide bonds. The quantitative estimate of drug-likeness (QED) is 0.907. The lowest BCUT2D eigenvalue weighted by molar-refractivity contribution is -0.159. The number of amides is 1. The minimum atomic E-state index is -4.73. The number of nitrogens with zero attached hydrogens (tertiary/aromatic N) is 3. The van der Waals surface area contributed by atoms with Crippen molar-refractivity contribution in [3.05, 3.63) is 41.5 Å². The molecule has 1 atom stereocenters. The smallest absolute Gasteiger partial charge is 0.377 e. The molecule has 1 aromatic heterocycles. The summed E-state index contributed by atoms with van der Waals surface area (Å²) in [6, 6.07) is 6.97. The highest BCUT2D eigenvalue weighted by Gasteiger charge is 2.38. The summed E-state index contributed by atoms with van der Waals surface area (Å²) in [5, 5.41) is 3.28. The molecule has 0 saturated heterocycles. The molecule has 2 rings (SSSR count). The van der Waals surface area contributed by atoms with E-state index in [2.05, 4.69) is 14.7 Å². The Kier molecular flexibility index (Phi) is 4.57. The Morgan fingerprint density at radius 2 is 2.00 bits per heavy atom. The second-order valence-electron chi connectivity index (χ2n) is 5.13. The molecule has 0 fully saturated rings. The standard InChI is InChI=1S/C14H15F3N4O2/c1-21(2)10-6-4-3-5-8(10)9(12(18)22)7-11-19-13(23-20-11)14(15,16)17/h3-6,9H,7H2,1-2H3,(H2,18,22). The molecule has 1 aromatic carbocycles. The van der Waals surface area contributed by atoms with Crippen molar-refractivity contribution in [3.63, 3.8) is 0 Å². The van der Waals surface area contributed by atoms with Gasteiger partial charge >= 0.3 is 12.1 Å². The number of aromatic nitrogens is 2. The zero-order chi connectivity index (χ0) is 17.2. The van der Waals surface area contributed by atoms with Gasteiger partial charge in [-0.25, -0.2) is 0 Å². The van der Waals surface area contributed by atoms with Crippen molar-refractivity contribution >= 4 is 11.6 Å². The summed E-state index contributed by atoms with van der Waals surface area (Å²) in [5.74, 6) is -3.23. The molecule has 2 aromatic rings. The molecule has 6 nitrogen and oxygen atoms in total. The lowest BCUT2D eigenvalue weighted by Gasteiger charge is -2.21. The molecule has 0 spiro atoms. The summed E-state index contributed by atoms with van der Waals surface area (Å²) < 4.78 is 41.7. The van der Waals surface area contributed by atoms with Crippen molar-refractivity contribution in [1.29, 1.82) is 0 Å². The largest absolute Gasteiger partial charge is 0.471 e. The number of hydrogen-bond acceptors (Lipinski definition) is 5. The number of carbonyl (C=O) groups excluding carboxylic acids is 1. The molecule has 1 heterocycles. The van der Waals surface area contributed by atoms with E-state index in [4.69, 9.17) is 5.73 Å². The Morgan fingerprint density at radius 3 is 2.52 bits per heavy atom. The summed E-state index contributed by atoms with van der Waals surface area (Å²) in [6.45, 7) is 0. The summed E-state index contributed by atoms with van der Waals surface area (Å²) in [4.78, 5) is 16.8. The van der Waals surface area contributed by atoms with Gasteiger partial charge in [-0.15, -0.1) is 0 Å². The van der Waals surface area contributed by atoms with Gasteiger partial charge in [0.1, 0.15) is 0 Å². The van der Waals surface area contributed by atoms with Gasteiger partial charge < -0.3 is 15.2 Å². The number of halogens is 3. The fourth-order valence-electron chi connectivity index (χ4n) is 2.19. The zero-order valence-corrected chi connectivity index (χ0v) is 12.5. The van der Waals surface area contributed by atoms with E-state index in [-0.39, 0.29) is 12.2 Å². The molecule has 124 valence electrons. The van der Waals surface area contributed by atoms with Crippen LogP contribution in [0.4, 0.5) is 18.9 Å². The summed E-state index contributed by atoms with van der Waals surface area (Å²) >= 11 is 0. The first-order valence-electron chi connectivity index (χ1n) is 6.65. The third kappa shape index (κ3) is 3.79. The fraction of sp³-hybridized carbons (Fsp3) is 0.357. The van der Waals surface area contributed by atoms with Crippen LogP contribution in [-0.4, -0.2) is 30.1 Å². The average molecular weight is 328 g/mol. The summed E-state index contributed by atoms with van der Waals surface area (Å²) in [6.07, 6.45) is -4.91. The van der Waals surface area contributed by atoms with Gasteiger partial charge in [-0.1, -0.05) is 23.4 Å². The first-order valence-corrected chi connectivity index (χ1v) is 6.65. The van der Waals surface area contributed by atoms with Gasteiger partial charge in [-0.2, -0.15) is 18.2 Å². The Morgan fingerprint density at radius 1 is 1.35 bits per heavy atom. The van der Waals surface area contributed by atoms with Crippen molar-refractivity contribution < 1.29 is 22.5 Å². The highest BCUT2D eigenvalue weighted by Crippen LogP contribution is 2.31. The van der Waals surface area contributed by atoms with Crippen LogP contribution in [0, 0.1) is 0 Å². The van der Waals surface area contributed by atoms with Crippen molar-refractivity contribution in [2.75, 3.05) is 19.0 Å². The van der Waals surface area contributed by atoms with E-state index in [1.807, 2.05) is 0 Å². The Hall–Kier alpha value is -2.58. The normalized spacial score (nSPS) is 12.9. The minimum Gasteiger partial charge on any atom is -0.377 e. The number of benzene rings is 1. The van der Waals surface area contributed by atoms with Crippen LogP contribution in [0.15, 0.2) is 28.8 Å². The highest BCUT2D eigenvalue weighted by molar-refractivity contribution is 5.84. The number of alkyl halides is 3. The monoisotopic (exact) mass is 328 g/mol. The minimum absolute atomic E-state index is 0.181. The van der Waals surface area contributed by atoms with Gasteiger partial charge in [0, 0.05) is 26.2 Å². The van der Waals surface area contributed by atoms with E-state index in [9.17, 15) is 18.0 Å². The Balaban J connectivity index is 2.34. The van der Waals surface area contributed by atoms with Crippen molar-refractivity contribution in [3.8, 4) is 0 Å². The fourth-order valence-corrected chi connectivity index (χ4v) is 2.19. The molecule has 0 radical (unpaired) electrons. The van der Waals surface area contributed by atoms with Gasteiger partial charge in [0.05, 0.1) is 5.92 Å². The van der Waals surface area contributed by atoms with Crippen LogP contribution in [0.3, 0.4) is 0 Å². The van der Waals surface area contributed by atoms with Crippen LogP contribution < -0.4 is 10.6 Å². The topological polar surface area (TPSA) is 85.2 Å². The number of para-hydroxylation sites is 1. The van der Waals surface area contributed by atoms with E-state index in [0.29, 0.717) is 5.56 Å². The number of carbonyl (C=O) groups is 1. The molecule has 0 aliphatic heterocycles. The van der Waals surface area contributed by atoms with Crippen LogP contribution >= 0.6 is 0 Å². The molecule has 23 heavy (non-hydrogen) atoms. The zero-order valence-electron chi connectivity index (χ0n) is 12.5.